The quantitative estimate of drug-likeness (QED) is 0.890. The molecule has 0 saturated carbocycles. The second-order valence-corrected chi connectivity index (χ2v) is 4.79. The second-order valence-electron chi connectivity index (χ2n) is 4.79. The minimum Gasteiger partial charge on any atom is -0.497 e. The van der Waals surface area contributed by atoms with E-state index in [9.17, 15) is 14.3 Å². The van der Waals surface area contributed by atoms with Gasteiger partial charge in [-0.2, -0.15) is 0 Å². The van der Waals surface area contributed by atoms with Gasteiger partial charge in [-0.3, -0.25) is 4.79 Å². The van der Waals surface area contributed by atoms with Crippen molar-refractivity contribution in [2.24, 2.45) is 0 Å². The van der Waals surface area contributed by atoms with E-state index in [2.05, 4.69) is 0 Å². The summed E-state index contributed by atoms with van der Waals surface area (Å²) in [6, 6.07) is 11.1. The Hall–Kier alpha value is -2.56. The summed E-state index contributed by atoms with van der Waals surface area (Å²) in [5.41, 5.74) is 0.803. The molecule has 2 aromatic rings. The number of carbonyl (C=O) groups is 1. The lowest BCUT2D eigenvalue weighted by atomic mass is 9.91. The summed E-state index contributed by atoms with van der Waals surface area (Å²) in [5, 5.41) is 9.54. The first-order valence-corrected chi connectivity index (χ1v) is 6.75. The summed E-state index contributed by atoms with van der Waals surface area (Å²) in [6.45, 7) is 0. The molecule has 0 aliphatic heterocycles. The van der Waals surface area contributed by atoms with Crippen LogP contribution in [0.4, 0.5) is 4.39 Å². The van der Waals surface area contributed by atoms with E-state index in [-0.39, 0.29) is 6.42 Å². The molecule has 2 rings (SSSR count). The number of benzene rings is 2. The fourth-order valence-corrected chi connectivity index (χ4v) is 2.33. The molecule has 1 atom stereocenters. The third-order valence-electron chi connectivity index (χ3n) is 3.49. The number of carboxylic acids is 1. The van der Waals surface area contributed by atoms with Gasteiger partial charge in [0.25, 0.3) is 0 Å². The van der Waals surface area contributed by atoms with Gasteiger partial charge in [-0.05, 0) is 36.2 Å². The van der Waals surface area contributed by atoms with Crippen molar-refractivity contribution >= 4 is 5.97 Å². The summed E-state index contributed by atoms with van der Waals surface area (Å²) >= 11 is 0. The predicted octanol–water partition coefficient (Wildman–Crippen LogP) is 3.25. The maximum atomic E-state index is 13.8. The standard InChI is InChI=1S/C17H17FO4/c1-21-12-7-8-16(22-2)13(10-12)14(17(19)20)9-11-5-3-4-6-15(11)18/h3-8,10,14H,9H2,1-2H3,(H,19,20). The normalized spacial score (nSPS) is 11.8. The number of aliphatic carboxylic acids is 1. The molecule has 0 heterocycles. The van der Waals surface area contributed by atoms with Gasteiger partial charge in [0.2, 0.25) is 0 Å². The van der Waals surface area contributed by atoms with Crippen molar-refractivity contribution in [1.29, 1.82) is 0 Å². The molecule has 0 amide bonds. The summed E-state index contributed by atoms with van der Waals surface area (Å²) in [4.78, 5) is 11.7. The number of halogens is 1. The lowest BCUT2D eigenvalue weighted by Gasteiger charge is -2.17. The average Bonchev–Trinajstić information content (AvgIpc) is 2.53. The predicted molar refractivity (Wildman–Crippen MR) is 80.0 cm³/mol. The van der Waals surface area contributed by atoms with Gasteiger partial charge in [-0.15, -0.1) is 0 Å². The molecule has 0 aliphatic carbocycles. The third-order valence-corrected chi connectivity index (χ3v) is 3.49. The van der Waals surface area contributed by atoms with Crippen molar-refractivity contribution in [2.45, 2.75) is 12.3 Å². The number of ether oxygens (including phenoxy) is 2. The van der Waals surface area contributed by atoms with Crippen molar-refractivity contribution in [2.75, 3.05) is 14.2 Å². The fraction of sp³-hybridized carbons (Fsp3) is 0.235. The number of carboxylic acid groups (broad SMARTS) is 1. The SMILES string of the molecule is COc1ccc(OC)c(C(Cc2ccccc2F)C(=O)O)c1. The van der Waals surface area contributed by atoms with Gasteiger partial charge in [0.15, 0.2) is 0 Å². The molecular formula is C17H17FO4. The molecule has 0 spiro atoms. The number of methoxy groups -OCH3 is 2. The van der Waals surface area contributed by atoms with E-state index in [0.29, 0.717) is 22.6 Å². The largest absolute Gasteiger partial charge is 0.497 e. The molecule has 0 radical (unpaired) electrons. The van der Waals surface area contributed by atoms with Crippen LogP contribution in [0.2, 0.25) is 0 Å². The van der Waals surface area contributed by atoms with Crippen LogP contribution in [0.15, 0.2) is 42.5 Å². The Labute approximate surface area is 128 Å². The van der Waals surface area contributed by atoms with E-state index in [4.69, 9.17) is 9.47 Å². The smallest absolute Gasteiger partial charge is 0.311 e. The number of rotatable bonds is 6. The Morgan fingerprint density at radius 3 is 2.50 bits per heavy atom. The molecule has 22 heavy (non-hydrogen) atoms. The highest BCUT2D eigenvalue weighted by molar-refractivity contribution is 5.78. The monoisotopic (exact) mass is 304 g/mol. The first kappa shape index (κ1) is 15.8. The Bertz CT molecular complexity index is 669. The highest BCUT2D eigenvalue weighted by Crippen LogP contribution is 2.33. The Balaban J connectivity index is 2.44. The van der Waals surface area contributed by atoms with Crippen LogP contribution in [0, 0.1) is 5.82 Å². The van der Waals surface area contributed by atoms with Gasteiger partial charge in [-0.25, -0.2) is 4.39 Å². The van der Waals surface area contributed by atoms with Crippen molar-refractivity contribution in [3.63, 3.8) is 0 Å². The molecule has 0 fully saturated rings. The first-order chi connectivity index (χ1) is 10.6. The molecule has 0 aliphatic rings. The van der Waals surface area contributed by atoms with E-state index in [0.717, 1.165) is 0 Å². The molecule has 5 heteroatoms. The van der Waals surface area contributed by atoms with Gasteiger partial charge in [-0.1, -0.05) is 18.2 Å². The molecule has 1 N–H and O–H groups in total. The van der Waals surface area contributed by atoms with Crippen LogP contribution in [0.5, 0.6) is 11.5 Å². The van der Waals surface area contributed by atoms with Gasteiger partial charge < -0.3 is 14.6 Å². The van der Waals surface area contributed by atoms with Crippen molar-refractivity contribution in [1.82, 2.24) is 0 Å². The highest BCUT2D eigenvalue weighted by Gasteiger charge is 2.25. The molecule has 0 aromatic heterocycles. The van der Waals surface area contributed by atoms with Crippen molar-refractivity contribution in [3.05, 3.63) is 59.4 Å². The van der Waals surface area contributed by atoms with E-state index in [1.807, 2.05) is 0 Å². The minimum atomic E-state index is -1.05. The van der Waals surface area contributed by atoms with Crippen molar-refractivity contribution < 1.29 is 23.8 Å². The zero-order chi connectivity index (χ0) is 16.1. The molecule has 116 valence electrons. The topological polar surface area (TPSA) is 55.8 Å². The second kappa shape index (κ2) is 6.93. The lowest BCUT2D eigenvalue weighted by Crippen LogP contribution is -2.16. The Morgan fingerprint density at radius 1 is 1.18 bits per heavy atom. The Morgan fingerprint density at radius 2 is 1.91 bits per heavy atom. The zero-order valence-corrected chi connectivity index (χ0v) is 12.4. The van der Waals surface area contributed by atoms with Crippen LogP contribution in [0.3, 0.4) is 0 Å². The van der Waals surface area contributed by atoms with Crippen LogP contribution in [-0.2, 0) is 11.2 Å². The zero-order valence-electron chi connectivity index (χ0n) is 12.4. The van der Waals surface area contributed by atoms with E-state index in [1.54, 1.807) is 36.4 Å². The van der Waals surface area contributed by atoms with Crippen LogP contribution < -0.4 is 9.47 Å². The molecule has 2 aromatic carbocycles. The summed E-state index contributed by atoms with van der Waals surface area (Å²) in [7, 11) is 2.96. The van der Waals surface area contributed by atoms with Crippen molar-refractivity contribution in [3.8, 4) is 11.5 Å². The van der Waals surface area contributed by atoms with Gasteiger partial charge in [0.05, 0.1) is 20.1 Å². The van der Waals surface area contributed by atoms with E-state index < -0.39 is 17.7 Å². The first-order valence-electron chi connectivity index (χ1n) is 6.75. The van der Waals surface area contributed by atoms with Crippen LogP contribution in [0.1, 0.15) is 17.0 Å². The average molecular weight is 304 g/mol. The summed E-state index contributed by atoms with van der Waals surface area (Å²) in [5.74, 6) is -1.44. The maximum absolute atomic E-state index is 13.8. The summed E-state index contributed by atoms with van der Waals surface area (Å²) < 4.78 is 24.2. The fourth-order valence-electron chi connectivity index (χ4n) is 2.33. The molecule has 0 saturated heterocycles. The number of hydrogen-bond donors (Lipinski definition) is 1. The van der Waals surface area contributed by atoms with Gasteiger partial charge in [0.1, 0.15) is 17.3 Å². The van der Waals surface area contributed by atoms with Crippen LogP contribution in [0.25, 0.3) is 0 Å². The maximum Gasteiger partial charge on any atom is 0.311 e. The third kappa shape index (κ3) is 3.36. The van der Waals surface area contributed by atoms with Crippen LogP contribution >= 0.6 is 0 Å². The van der Waals surface area contributed by atoms with E-state index >= 15 is 0 Å². The highest BCUT2D eigenvalue weighted by atomic mass is 19.1. The molecule has 4 nitrogen and oxygen atoms in total. The van der Waals surface area contributed by atoms with E-state index in [1.165, 1.54) is 20.3 Å². The van der Waals surface area contributed by atoms with Crippen LogP contribution in [-0.4, -0.2) is 25.3 Å². The molecular weight excluding hydrogens is 287 g/mol. The number of hydrogen-bond acceptors (Lipinski definition) is 3. The lowest BCUT2D eigenvalue weighted by molar-refractivity contribution is -0.138. The minimum absolute atomic E-state index is 0.0333. The molecule has 0 bridgehead atoms. The van der Waals surface area contributed by atoms with Gasteiger partial charge in [0, 0.05) is 5.56 Å². The summed E-state index contributed by atoms with van der Waals surface area (Å²) in [6.07, 6.45) is 0.0333. The molecule has 1 unspecified atom stereocenters. The van der Waals surface area contributed by atoms with Gasteiger partial charge >= 0.3 is 5.97 Å². The Kier molecular flexibility index (Phi) is 4.99.